The molecule has 0 atom stereocenters. The van der Waals surface area contributed by atoms with E-state index >= 15 is 0 Å². The second kappa shape index (κ2) is 5.24. The Balaban J connectivity index is 2.18. The second-order valence-corrected chi connectivity index (χ2v) is 5.12. The van der Waals surface area contributed by atoms with Crippen molar-refractivity contribution in [3.05, 3.63) is 23.8 Å². The number of fused-ring (bicyclic) bond motifs is 1. The Bertz CT molecular complexity index is 566. The van der Waals surface area contributed by atoms with E-state index in [2.05, 4.69) is 40.7 Å². The lowest BCUT2D eigenvalue weighted by Crippen LogP contribution is -1.91. The predicted octanol–water partition coefficient (Wildman–Crippen LogP) is 3.28. The number of hydrogen-bond donors (Lipinski definition) is 0. The second-order valence-electron chi connectivity index (χ2n) is 4.06. The molecule has 0 aliphatic heterocycles. The minimum atomic E-state index is 0.621. The summed E-state index contributed by atoms with van der Waals surface area (Å²) in [5, 5.41) is 9.51. The summed E-state index contributed by atoms with van der Waals surface area (Å²) in [6, 6.07) is 8.48. The lowest BCUT2D eigenvalue weighted by molar-refractivity contribution is 0.813. The topological polar surface area (TPSA) is 41.6 Å². The highest BCUT2D eigenvalue weighted by atomic mass is 32.2. The number of rotatable bonds is 4. The molecule has 0 amide bonds. The molecule has 2 rings (SSSR count). The van der Waals surface area contributed by atoms with Crippen molar-refractivity contribution in [1.82, 2.24) is 9.55 Å². The minimum Gasteiger partial charge on any atom is -0.322 e. The van der Waals surface area contributed by atoms with Gasteiger partial charge in [0, 0.05) is 19.2 Å². The number of hydrogen-bond acceptors (Lipinski definition) is 3. The van der Waals surface area contributed by atoms with Crippen LogP contribution in [0.15, 0.2) is 23.4 Å². The molecule has 0 N–H and O–H groups in total. The number of thioether (sulfide) groups is 1. The summed E-state index contributed by atoms with van der Waals surface area (Å²) in [5.41, 5.74) is 3.45. The maximum Gasteiger partial charge on any atom is 0.168 e. The zero-order valence-corrected chi connectivity index (χ0v) is 10.9. The van der Waals surface area contributed by atoms with E-state index in [0.717, 1.165) is 22.8 Å². The number of nitrogens with zero attached hydrogens (tertiary/aromatic N) is 3. The number of unbranched alkanes of at least 4 members (excludes halogenated alkanes) is 1. The summed E-state index contributed by atoms with van der Waals surface area (Å²) in [6.45, 7) is 2.08. The number of imidazole rings is 1. The van der Waals surface area contributed by atoms with Crippen molar-refractivity contribution in [3.63, 3.8) is 0 Å². The van der Waals surface area contributed by atoms with Gasteiger partial charge < -0.3 is 4.57 Å². The summed E-state index contributed by atoms with van der Waals surface area (Å²) in [5.74, 6) is 0.948. The Morgan fingerprint density at radius 1 is 1.47 bits per heavy atom. The third-order valence-electron chi connectivity index (χ3n) is 2.66. The Morgan fingerprint density at radius 3 is 3.06 bits per heavy atom. The third kappa shape index (κ3) is 2.62. The van der Waals surface area contributed by atoms with Gasteiger partial charge in [-0.2, -0.15) is 5.26 Å². The molecule has 0 saturated carbocycles. The average Bonchev–Trinajstić information content (AvgIpc) is 2.61. The smallest absolute Gasteiger partial charge is 0.168 e. The fourth-order valence-corrected chi connectivity index (χ4v) is 2.66. The van der Waals surface area contributed by atoms with Crippen molar-refractivity contribution in [2.45, 2.75) is 24.9 Å². The summed E-state index contributed by atoms with van der Waals surface area (Å²) in [6.07, 6.45) is 1.54. The van der Waals surface area contributed by atoms with Crippen LogP contribution in [0.5, 0.6) is 0 Å². The highest BCUT2D eigenvalue weighted by Gasteiger charge is 2.07. The van der Waals surface area contributed by atoms with E-state index in [1.54, 1.807) is 11.8 Å². The molecule has 0 bridgehead atoms. The predicted molar refractivity (Wildman–Crippen MR) is 71.0 cm³/mol. The molecule has 1 aromatic heterocycles. The molecule has 4 heteroatoms. The molecule has 0 aliphatic rings. The van der Waals surface area contributed by atoms with Crippen LogP contribution in [-0.4, -0.2) is 15.3 Å². The normalized spacial score (nSPS) is 10.6. The first-order chi connectivity index (χ1) is 8.22. The summed E-state index contributed by atoms with van der Waals surface area (Å²) >= 11 is 1.72. The molecule has 1 aromatic carbocycles. The molecule has 3 nitrogen and oxygen atoms in total. The zero-order chi connectivity index (χ0) is 12.3. The SMILES string of the molecule is Cc1ccc2c(c1)nc(SCCCC#N)n2C. The van der Waals surface area contributed by atoms with Crippen molar-refractivity contribution < 1.29 is 0 Å². The fraction of sp³-hybridized carbons (Fsp3) is 0.385. The average molecular weight is 245 g/mol. The van der Waals surface area contributed by atoms with Gasteiger partial charge in [-0.1, -0.05) is 17.8 Å². The molecular weight excluding hydrogens is 230 g/mol. The standard InChI is InChI=1S/C13H15N3S/c1-10-5-6-12-11(9-10)15-13(16(12)2)17-8-4-3-7-14/h5-6,9H,3-4,8H2,1-2H3. The first-order valence-electron chi connectivity index (χ1n) is 5.65. The molecule has 1 heterocycles. The maximum atomic E-state index is 8.48. The van der Waals surface area contributed by atoms with Crippen molar-refractivity contribution in [2.75, 3.05) is 5.75 Å². The van der Waals surface area contributed by atoms with Crippen LogP contribution >= 0.6 is 11.8 Å². The van der Waals surface area contributed by atoms with Crippen LogP contribution in [0.2, 0.25) is 0 Å². The monoisotopic (exact) mass is 245 g/mol. The zero-order valence-electron chi connectivity index (χ0n) is 10.1. The van der Waals surface area contributed by atoms with Gasteiger partial charge in [-0.25, -0.2) is 4.98 Å². The highest BCUT2D eigenvalue weighted by molar-refractivity contribution is 7.99. The van der Waals surface area contributed by atoms with Crippen molar-refractivity contribution in [3.8, 4) is 6.07 Å². The minimum absolute atomic E-state index is 0.621. The van der Waals surface area contributed by atoms with Crippen molar-refractivity contribution in [1.29, 1.82) is 5.26 Å². The van der Waals surface area contributed by atoms with E-state index in [1.165, 1.54) is 11.1 Å². The van der Waals surface area contributed by atoms with Gasteiger partial charge in [0.1, 0.15) is 0 Å². The van der Waals surface area contributed by atoms with E-state index in [1.807, 2.05) is 7.05 Å². The first-order valence-corrected chi connectivity index (χ1v) is 6.64. The Labute approximate surface area is 105 Å². The molecule has 0 aliphatic carbocycles. The van der Waals surface area contributed by atoms with Gasteiger partial charge in [0.2, 0.25) is 0 Å². The van der Waals surface area contributed by atoms with Crippen LogP contribution in [0.4, 0.5) is 0 Å². The first kappa shape index (κ1) is 12.0. The van der Waals surface area contributed by atoms with Gasteiger partial charge in [0.15, 0.2) is 5.16 Å². The molecule has 0 radical (unpaired) electrons. The van der Waals surface area contributed by atoms with Crippen LogP contribution in [0.25, 0.3) is 11.0 Å². The van der Waals surface area contributed by atoms with Gasteiger partial charge in [-0.3, -0.25) is 0 Å². The molecule has 0 spiro atoms. The van der Waals surface area contributed by atoms with E-state index in [0.29, 0.717) is 6.42 Å². The molecule has 0 fully saturated rings. The van der Waals surface area contributed by atoms with Crippen molar-refractivity contribution in [2.24, 2.45) is 7.05 Å². The largest absolute Gasteiger partial charge is 0.322 e. The molecule has 2 aromatic rings. The highest BCUT2D eigenvalue weighted by Crippen LogP contribution is 2.24. The quantitative estimate of drug-likeness (QED) is 0.613. The summed E-state index contributed by atoms with van der Waals surface area (Å²) in [7, 11) is 2.04. The van der Waals surface area contributed by atoms with E-state index in [-0.39, 0.29) is 0 Å². The molecule has 88 valence electrons. The number of aromatic nitrogens is 2. The van der Waals surface area contributed by atoms with Gasteiger partial charge in [0.25, 0.3) is 0 Å². The number of nitriles is 1. The Hall–Kier alpha value is -1.47. The molecular formula is C13H15N3S. The molecule has 0 saturated heterocycles. The Kier molecular flexibility index (Phi) is 3.70. The van der Waals surface area contributed by atoms with Crippen molar-refractivity contribution >= 4 is 22.8 Å². The lowest BCUT2D eigenvalue weighted by Gasteiger charge is -2.00. The van der Waals surface area contributed by atoms with E-state index in [9.17, 15) is 0 Å². The van der Waals surface area contributed by atoms with Crippen LogP contribution in [0, 0.1) is 18.3 Å². The lowest BCUT2D eigenvalue weighted by atomic mass is 10.2. The fourth-order valence-electron chi connectivity index (χ4n) is 1.73. The number of aryl methyl sites for hydroxylation is 2. The van der Waals surface area contributed by atoms with E-state index < -0.39 is 0 Å². The molecule has 0 unspecified atom stereocenters. The van der Waals surface area contributed by atoms with Crippen LogP contribution in [0.3, 0.4) is 0 Å². The van der Waals surface area contributed by atoms with Crippen LogP contribution in [-0.2, 0) is 7.05 Å². The molecule has 17 heavy (non-hydrogen) atoms. The number of benzene rings is 1. The van der Waals surface area contributed by atoms with Gasteiger partial charge >= 0.3 is 0 Å². The van der Waals surface area contributed by atoms with Gasteiger partial charge in [-0.15, -0.1) is 0 Å². The van der Waals surface area contributed by atoms with Gasteiger partial charge in [0.05, 0.1) is 17.1 Å². The van der Waals surface area contributed by atoms with E-state index in [4.69, 9.17) is 5.26 Å². The Morgan fingerprint density at radius 2 is 2.29 bits per heavy atom. The summed E-state index contributed by atoms with van der Waals surface area (Å²) < 4.78 is 2.12. The third-order valence-corrected chi connectivity index (χ3v) is 3.78. The van der Waals surface area contributed by atoms with Crippen LogP contribution in [0.1, 0.15) is 18.4 Å². The van der Waals surface area contributed by atoms with Gasteiger partial charge in [-0.05, 0) is 31.0 Å². The van der Waals surface area contributed by atoms with Crippen LogP contribution < -0.4 is 0 Å². The maximum absolute atomic E-state index is 8.48. The summed E-state index contributed by atoms with van der Waals surface area (Å²) in [4.78, 5) is 4.61.